The van der Waals surface area contributed by atoms with Crippen LogP contribution in [0.4, 0.5) is 4.39 Å². The maximum absolute atomic E-state index is 13.2. The zero-order valence-corrected chi connectivity index (χ0v) is 11.8. The molecule has 0 bridgehead atoms. The van der Waals surface area contributed by atoms with Crippen molar-refractivity contribution in [3.05, 3.63) is 34.6 Å². The first-order valence-corrected chi connectivity index (χ1v) is 6.46. The second kappa shape index (κ2) is 7.29. The van der Waals surface area contributed by atoms with Gasteiger partial charge in [0.15, 0.2) is 0 Å². The van der Waals surface area contributed by atoms with Gasteiger partial charge in [-0.3, -0.25) is 4.90 Å². The SMILES string of the molecule is Cl.NCC1CCCCN1Cc1cc(F)cc(Cl)c1. The number of piperidine rings is 1. The van der Waals surface area contributed by atoms with E-state index in [-0.39, 0.29) is 18.2 Å². The van der Waals surface area contributed by atoms with Crippen molar-refractivity contribution in [3.63, 3.8) is 0 Å². The van der Waals surface area contributed by atoms with Crippen molar-refractivity contribution in [3.8, 4) is 0 Å². The van der Waals surface area contributed by atoms with E-state index in [4.69, 9.17) is 17.3 Å². The molecule has 1 unspecified atom stereocenters. The predicted molar refractivity (Wildman–Crippen MR) is 75.8 cm³/mol. The number of hydrogen-bond donors (Lipinski definition) is 1. The third-order valence-electron chi connectivity index (χ3n) is 3.33. The Labute approximate surface area is 119 Å². The van der Waals surface area contributed by atoms with Crippen LogP contribution in [0.2, 0.25) is 5.02 Å². The van der Waals surface area contributed by atoms with Gasteiger partial charge in [-0.25, -0.2) is 4.39 Å². The van der Waals surface area contributed by atoms with Gasteiger partial charge in [-0.05, 0) is 43.1 Å². The molecule has 18 heavy (non-hydrogen) atoms. The minimum absolute atomic E-state index is 0. The molecule has 0 spiro atoms. The van der Waals surface area contributed by atoms with Gasteiger partial charge in [0.05, 0.1) is 0 Å². The topological polar surface area (TPSA) is 29.3 Å². The Kier molecular flexibility index (Phi) is 6.36. The van der Waals surface area contributed by atoms with Crippen molar-refractivity contribution in [1.29, 1.82) is 0 Å². The zero-order chi connectivity index (χ0) is 12.3. The average Bonchev–Trinajstić information content (AvgIpc) is 2.28. The zero-order valence-electron chi connectivity index (χ0n) is 10.2. The van der Waals surface area contributed by atoms with E-state index in [0.717, 1.165) is 25.1 Å². The van der Waals surface area contributed by atoms with Crippen molar-refractivity contribution in [2.45, 2.75) is 31.8 Å². The number of halogens is 3. The molecule has 2 rings (SSSR count). The van der Waals surface area contributed by atoms with Crippen molar-refractivity contribution in [1.82, 2.24) is 4.90 Å². The Morgan fingerprint density at radius 1 is 1.33 bits per heavy atom. The average molecular weight is 293 g/mol. The van der Waals surface area contributed by atoms with Crippen LogP contribution in [-0.4, -0.2) is 24.0 Å². The smallest absolute Gasteiger partial charge is 0.125 e. The molecule has 1 fully saturated rings. The lowest BCUT2D eigenvalue weighted by atomic mass is 10.0. The summed E-state index contributed by atoms with van der Waals surface area (Å²) in [5, 5.41) is 0.460. The third kappa shape index (κ3) is 4.09. The van der Waals surface area contributed by atoms with Gasteiger partial charge in [0.2, 0.25) is 0 Å². The second-order valence-electron chi connectivity index (χ2n) is 4.63. The Bertz CT molecular complexity index is 367. The van der Waals surface area contributed by atoms with Crippen LogP contribution < -0.4 is 5.73 Å². The number of nitrogens with zero attached hydrogens (tertiary/aromatic N) is 1. The molecule has 1 aromatic rings. The van der Waals surface area contributed by atoms with Crippen LogP contribution in [0.3, 0.4) is 0 Å². The minimum Gasteiger partial charge on any atom is -0.329 e. The van der Waals surface area contributed by atoms with E-state index in [1.165, 1.54) is 18.9 Å². The van der Waals surface area contributed by atoms with Gasteiger partial charge in [0, 0.05) is 24.2 Å². The molecule has 1 aliphatic heterocycles. The van der Waals surface area contributed by atoms with Crippen LogP contribution in [0.1, 0.15) is 24.8 Å². The maximum atomic E-state index is 13.2. The highest BCUT2D eigenvalue weighted by Crippen LogP contribution is 2.21. The van der Waals surface area contributed by atoms with E-state index < -0.39 is 0 Å². The van der Waals surface area contributed by atoms with Crippen LogP contribution in [0.25, 0.3) is 0 Å². The van der Waals surface area contributed by atoms with Gasteiger partial charge in [0.25, 0.3) is 0 Å². The third-order valence-corrected chi connectivity index (χ3v) is 3.55. The lowest BCUT2D eigenvalue weighted by molar-refractivity contribution is 0.145. The Balaban J connectivity index is 0.00000162. The maximum Gasteiger partial charge on any atom is 0.125 e. The van der Waals surface area contributed by atoms with Crippen LogP contribution in [0.5, 0.6) is 0 Å². The van der Waals surface area contributed by atoms with Gasteiger partial charge in [-0.1, -0.05) is 18.0 Å². The van der Waals surface area contributed by atoms with Gasteiger partial charge in [-0.15, -0.1) is 12.4 Å². The molecule has 0 radical (unpaired) electrons. The normalized spacial score (nSPS) is 20.5. The Hall–Kier alpha value is -0.350. The van der Waals surface area contributed by atoms with E-state index in [0.29, 0.717) is 17.6 Å². The number of hydrogen-bond acceptors (Lipinski definition) is 2. The summed E-state index contributed by atoms with van der Waals surface area (Å²) in [5.74, 6) is -0.270. The Morgan fingerprint density at radius 2 is 2.11 bits per heavy atom. The van der Waals surface area contributed by atoms with Crippen LogP contribution in [0.15, 0.2) is 18.2 Å². The lowest BCUT2D eigenvalue weighted by Gasteiger charge is -2.35. The molecule has 1 saturated heterocycles. The predicted octanol–water partition coefficient (Wildman–Crippen LogP) is 3.21. The van der Waals surface area contributed by atoms with E-state index >= 15 is 0 Å². The molecule has 1 atom stereocenters. The molecule has 102 valence electrons. The molecule has 2 nitrogen and oxygen atoms in total. The van der Waals surface area contributed by atoms with Crippen molar-refractivity contribution in [2.24, 2.45) is 5.73 Å². The van der Waals surface area contributed by atoms with Gasteiger partial charge < -0.3 is 5.73 Å². The van der Waals surface area contributed by atoms with Crippen molar-refractivity contribution < 1.29 is 4.39 Å². The van der Waals surface area contributed by atoms with E-state index in [9.17, 15) is 4.39 Å². The summed E-state index contributed by atoms with van der Waals surface area (Å²) >= 11 is 5.85. The molecule has 1 aromatic carbocycles. The quantitative estimate of drug-likeness (QED) is 0.927. The standard InChI is InChI=1S/C13H18ClFN2.ClH/c14-11-5-10(6-12(15)7-11)9-17-4-2-1-3-13(17)8-16;/h5-7,13H,1-4,8-9,16H2;1H. The molecule has 0 aromatic heterocycles. The summed E-state index contributed by atoms with van der Waals surface area (Å²) in [6, 6.07) is 5.13. The van der Waals surface area contributed by atoms with Crippen molar-refractivity contribution in [2.75, 3.05) is 13.1 Å². The first kappa shape index (κ1) is 15.7. The van der Waals surface area contributed by atoms with Crippen LogP contribution in [0, 0.1) is 5.82 Å². The number of likely N-dealkylation sites (tertiary alicyclic amines) is 1. The van der Waals surface area contributed by atoms with E-state index in [1.54, 1.807) is 6.07 Å². The summed E-state index contributed by atoms with van der Waals surface area (Å²) in [5.41, 5.74) is 6.69. The van der Waals surface area contributed by atoms with Gasteiger partial charge >= 0.3 is 0 Å². The van der Waals surface area contributed by atoms with Gasteiger partial charge in [-0.2, -0.15) is 0 Å². The fourth-order valence-corrected chi connectivity index (χ4v) is 2.72. The first-order valence-electron chi connectivity index (χ1n) is 6.08. The molecular weight excluding hydrogens is 274 g/mol. The van der Waals surface area contributed by atoms with Crippen molar-refractivity contribution >= 4 is 24.0 Å². The monoisotopic (exact) mass is 292 g/mol. The fourth-order valence-electron chi connectivity index (χ4n) is 2.47. The number of benzene rings is 1. The highest BCUT2D eigenvalue weighted by Gasteiger charge is 2.21. The number of rotatable bonds is 3. The Morgan fingerprint density at radius 3 is 2.78 bits per heavy atom. The molecule has 1 aliphatic rings. The molecule has 1 heterocycles. The fraction of sp³-hybridized carbons (Fsp3) is 0.538. The van der Waals surface area contributed by atoms with E-state index in [1.807, 2.05) is 6.07 Å². The molecule has 0 amide bonds. The second-order valence-corrected chi connectivity index (χ2v) is 5.07. The summed E-state index contributed by atoms with van der Waals surface area (Å²) in [6.45, 7) is 2.44. The largest absolute Gasteiger partial charge is 0.329 e. The van der Waals surface area contributed by atoms with E-state index in [2.05, 4.69) is 4.90 Å². The highest BCUT2D eigenvalue weighted by molar-refractivity contribution is 6.30. The molecular formula is C13H19Cl2FN2. The summed E-state index contributed by atoms with van der Waals surface area (Å²) < 4.78 is 13.2. The molecule has 5 heteroatoms. The van der Waals surface area contributed by atoms with Crippen LogP contribution >= 0.6 is 24.0 Å². The molecule has 0 saturated carbocycles. The summed E-state index contributed by atoms with van der Waals surface area (Å²) in [7, 11) is 0. The number of nitrogens with two attached hydrogens (primary N) is 1. The summed E-state index contributed by atoms with van der Waals surface area (Å²) in [6.07, 6.45) is 3.57. The molecule has 0 aliphatic carbocycles. The lowest BCUT2D eigenvalue weighted by Crippen LogP contribution is -2.43. The molecule has 2 N–H and O–H groups in total. The summed E-state index contributed by atoms with van der Waals surface area (Å²) in [4.78, 5) is 2.33. The highest BCUT2D eigenvalue weighted by atomic mass is 35.5. The van der Waals surface area contributed by atoms with Crippen LogP contribution in [-0.2, 0) is 6.54 Å². The van der Waals surface area contributed by atoms with Gasteiger partial charge in [0.1, 0.15) is 5.82 Å². The minimum atomic E-state index is -0.270. The first-order chi connectivity index (χ1) is 8.19.